The van der Waals surface area contributed by atoms with E-state index in [0.717, 1.165) is 39.3 Å². The fourth-order valence-corrected chi connectivity index (χ4v) is 3.56. The quantitative estimate of drug-likeness (QED) is 0.683. The number of para-hydroxylation sites is 1. The van der Waals surface area contributed by atoms with Crippen molar-refractivity contribution in [3.63, 3.8) is 0 Å². The molecule has 0 bridgehead atoms. The summed E-state index contributed by atoms with van der Waals surface area (Å²) in [5.74, 6) is -0.0257. The molecule has 3 N–H and O–H groups in total. The average Bonchev–Trinajstić information content (AvgIpc) is 3.13. The molecule has 0 aliphatic heterocycles. The Balaban J connectivity index is 1.86. The molecule has 0 saturated carbocycles. The van der Waals surface area contributed by atoms with Crippen LogP contribution in [0.2, 0.25) is 0 Å². The monoisotopic (exact) mass is 328 g/mol. The van der Waals surface area contributed by atoms with Gasteiger partial charge in [-0.05, 0) is 44.5 Å². The summed E-state index contributed by atoms with van der Waals surface area (Å²) in [5.41, 5.74) is 7.40. The standard InChI is InChI=1S/C17H20N4OS/c1-12-14-11-15(16(22)19-10-6-5-9-18)23-17(14)21(20-12)13-7-3-2-4-8-13/h2-4,7-8,11H,5-6,9-10,18H2,1H3,(H,19,22). The van der Waals surface area contributed by atoms with Crippen LogP contribution in [0.25, 0.3) is 15.9 Å². The van der Waals surface area contributed by atoms with Crippen LogP contribution in [0.4, 0.5) is 0 Å². The lowest BCUT2D eigenvalue weighted by Gasteiger charge is -2.03. The molecule has 1 aromatic carbocycles. The zero-order valence-corrected chi connectivity index (χ0v) is 13.9. The third kappa shape index (κ3) is 3.28. The highest BCUT2D eigenvalue weighted by Crippen LogP contribution is 2.30. The molecule has 0 radical (unpaired) electrons. The van der Waals surface area contributed by atoms with Crippen LogP contribution in [-0.2, 0) is 0 Å². The highest BCUT2D eigenvalue weighted by molar-refractivity contribution is 7.20. The maximum Gasteiger partial charge on any atom is 0.261 e. The summed E-state index contributed by atoms with van der Waals surface area (Å²) in [5, 5.41) is 8.57. The van der Waals surface area contributed by atoms with Crippen LogP contribution in [0.3, 0.4) is 0 Å². The van der Waals surface area contributed by atoms with Crippen LogP contribution in [0.5, 0.6) is 0 Å². The number of rotatable bonds is 6. The minimum absolute atomic E-state index is 0.0257. The molecular formula is C17H20N4OS. The molecule has 3 rings (SSSR count). The molecule has 2 heterocycles. The van der Waals surface area contributed by atoms with Gasteiger partial charge in [-0.15, -0.1) is 11.3 Å². The average molecular weight is 328 g/mol. The van der Waals surface area contributed by atoms with Gasteiger partial charge in [0.25, 0.3) is 5.91 Å². The molecule has 0 spiro atoms. The van der Waals surface area contributed by atoms with Gasteiger partial charge in [0, 0.05) is 11.9 Å². The number of benzene rings is 1. The second-order valence-electron chi connectivity index (χ2n) is 5.41. The molecule has 0 atom stereocenters. The Labute approximate surface area is 139 Å². The first kappa shape index (κ1) is 15.7. The molecule has 5 nitrogen and oxygen atoms in total. The lowest BCUT2D eigenvalue weighted by atomic mass is 10.3. The highest BCUT2D eigenvalue weighted by atomic mass is 32.1. The molecule has 120 valence electrons. The van der Waals surface area contributed by atoms with E-state index in [1.54, 1.807) is 0 Å². The van der Waals surface area contributed by atoms with E-state index in [1.807, 2.05) is 48.0 Å². The molecule has 23 heavy (non-hydrogen) atoms. The lowest BCUT2D eigenvalue weighted by molar-refractivity contribution is 0.0957. The Hall–Kier alpha value is -2.18. The number of amides is 1. The van der Waals surface area contributed by atoms with E-state index >= 15 is 0 Å². The number of carbonyl (C=O) groups is 1. The van der Waals surface area contributed by atoms with Crippen molar-refractivity contribution in [1.82, 2.24) is 15.1 Å². The molecule has 0 aliphatic carbocycles. The van der Waals surface area contributed by atoms with Gasteiger partial charge < -0.3 is 11.1 Å². The SMILES string of the molecule is Cc1nn(-c2ccccc2)c2sc(C(=O)NCCCCN)cc12. The van der Waals surface area contributed by atoms with Gasteiger partial charge in [-0.25, -0.2) is 4.68 Å². The van der Waals surface area contributed by atoms with Crippen molar-refractivity contribution in [2.75, 3.05) is 13.1 Å². The van der Waals surface area contributed by atoms with Crippen LogP contribution in [0.1, 0.15) is 28.2 Å². The molecule has 0 fully saturated rings. The Bertz CT molecular complexity index is 807. The molecule has 0 saturated heterocycles. The Morgan fingerprint density at radius 2 is 2.09 bits per heavy atom. The minimum Gasteiger partial charge on any atom is -0.351 e. The number of carbonyl (C=O) groups excluding carboxylic acids is 1. The number of unbranched alkanes of at least 4 members (excludes halogenated alkanes) is 1. The zero-order chi connectivity index (χ0) is 16.2. The maximum absolute atomic E-state index is 12.3. The van der Waals surface area contributed by atoms with Crippen molar-refractivity contribution in [2.24, 2.45) is 5.73 Å². The van der Waals surface area contributed by atoms with Gasteiger partial charge in [-0.1, -0.05) is 18.2 Å². The Morgan fingerprint density at radius 3 is 2.83 bits per heavy atom. The number of aryl methyl sites for hydroxylation is 1. The van der Waals surface area contributed by atoms with Crippen molar-refractivity contribution >= 4 is 27.5 Å². The normalized spacial score (nSPS) is 11.0. The Kier molecular flexibility index (Phi) is 4.73. The Morgan fingerprint density at radius 1 is 1.30 bits per heavy atom. The number of fused-ring (bicyclic) bond motifs is 1. The smallest absolute Gasteiger partial charge is 0.261 e. The number of aromatic nitrogens is 2. The van der Waals surface area contributed by atoms with Crippen LogP contribution in [0, 0.1) is 6.92 Å². The predicted octanol–water partition coefficient (Wildman–Crippen LogP) is 2.86. The maximum atomic E-state index is 12.3. The molecule has 3 aromatic rings. The van der Waals surface area contributed by atoms with Crippen LogP contribution < -0.4 is 11.1 Å². The number of nitrogens with one attached hydrogen (secondary N) is 1. The first-order chi connectivity index (χ1) is 11.2. The van der Waals surface area contributed by atoms with Gasteiger partial charge in [-0.2, -0.15) is 5.10 Å². The largest absolute Gasteiger partial charge is 0.351 e. The van der Waals surface area contributed by atoms with E-state index in [1.165, 1.54) is 11.3 Å². The summed E-state index contributed by atoms with van der Waals surface area (Å²) in [4.78, 5) is 14.0. The van der Waals surface area contributed by atoms with Gasteiger partial charge in [-0.3, -0.25) is 4.79 Å². The minimum atomic E-state index is -0.0257. The summed E-state index contributed by atoms with van der Waals surface area (Å²) in [6, 6.07) is 11.9. The molecule has 2 aromatic heterocycles. The van der Waals surface area contributed by atoms with Crippen molar-refractivity contribution < 1.29 is 4.79 Å². The number of hydrogen-bond acceptors (Lipinski definition) is 4. The second kappa shape index (κ2) is 6.93. The van der Waals surface area contributed by atoms with Crippen molar-refractivity contribution in [3.8, 4) is 5.69 Å². The molecule has 0 aliphatic rings. The van der Waals surface area contributed by atoms with Crippen LogP contribution in [-0.4, -0.2) is 28.8 Å². The van der Waals surface area contributed by atoms with Crippen molar-refractivity contribution in [1.29, 1.82) is 0 Å². The summed E-state index contributed by atoms with van der Waals surface area (Å²) >= 11 is 1.48. The second-order valence-corrected chi connectivity index (χ2v) is 6.44. The number of hydrogen-bond donors (Lipinski definition) is 2. The first-order valence-corrected chi connectivity index (χ1v) is 8.55. The fraction of sp³-hybridized carbons (Fsp3) is 0.294. The number of thiophene rings is 1. The van der Waals surface area contributed by atoms with E-state index < -0.39 is 0 Å². The van der Waals surface area contributed by atoms with Gasteiger partial charge in [0.1, 0.15) is 4.83 Å². The first-order valence-electron chi connectivity index (χ1n) is 7.73. The summed E-state index contributed by atoms with van der Waals surface area (Å²) < 4.78 is 1.90. The molecule has 6 heteroatoms. The van der Waals surface area contributed by atoms with E-state index in [9.17, 15) is 4.79 Å². The number of nitrogens with zero attached hydrogens (tertiary/aromatic N) is 2. The summed E-state index contributed by atoms with van der Waals surface area (Å²) in [6.45, 7) is 3.29. The third-order valence-electron chi connectivity index (χ3n) is 3.69. The fourth-order valence-electron chi connectivity index (χ4n) is 2.46. The summed E-state index contributed by atoms with van der Waals surface area (Å²) in [7, 11) is 0. The van der Waals surface area contributed by atoms with Gasteiger partial charge in [0.15, 0.2) is 0 Å². The van der Waals surface area contributed by atoms with Gasteiger partial charge >= 0.3 is 0 Å². The van der Waals surface area contributed by atoms with Crippen molar-refractivity contribution in [3.05, 3.63) is 47.0 Å². The van der Waals surface area contributed by atoms with Gasteiger partial charge in [0.05, 0.1) is 16.3 Å². The third-order valence-corrected chi connectivity index (χ3v) is 4.80. The number of nitrogens with two attached hydrogens (primary N) is 1. The van der Waals surface area contributed by atoms with E-state index in [-0.39, 0.29) is 5.91 Å². The van der Waals surface area contributed by atoms with Crippen LogP contribution >= 0.6 is 11.3 Å². The molecule has 1 amide bonds. The van der Waals surface area contributed by atoms with E-state index in [0.29, 0.717) is 13.1 Å². The molecular weight excluding hydrogens is 308 g/mol. The van der Waals surface area contributed by atoms with Crippen LogP contribution in [0.15, 0.2) is 36.4 Å². The van der Waals surface area contributed by atoms with Gasteiger partial charge in [0.2, 0.25) is 0 Å². The summed E-state index contributed by atoms with van der Waals surface area (Å²) in [6.07, 6.45) is 1.83. The predicted molar refractivity (Wildman–Crippen MR) is 94.3 cm³/mol. The topological polar surface area (TPSA) is 72.9 Å². The van der Waals surface area contributed by atoms with E-state index in [4.69, 9.17) is 5.73 Å². The molecule has 0 unspecified atom stereocenters. The zero-order valence-electron chi connectivity index (χ0n) is 13.1. The highest BCUT2D eigenvalue weighted by Gasteiger charge is 2.16. The van der Waals surface area contributed by atoms with E-state index in [2.05, 4.69) is 10.4 Å². The van der Waals surface area contributed by atoms with Crippen molar-refractivity contribution in [2.45, 2.75) is 19.8 Å². The lowest BCUT2D eigenvalue weighted by Crippen LogP contribution is -2.23.